The third-order valence-corrected chi connectivity index (χ3v) is 3.90. The van der Waals surface area contributed by atoms with Gasteiger partial charge >= 0.3 is 0 Å². The number of halogens is 1. The molecule has 2 rings (SSSR count). The highest BCUT2D eigenvalue weighted by Crippen LogP contribution is 2.23. The molecule has 0 aliphatic heterocycles. The zero-order valence-corrected chi connectivity index (χ0v) is 12.0. The van der Waals surface area contributed by atoms with Gasteiger partial charge in [-0.25, -0.2) is 4.98 Å². The molecule has 3 nitrogen and oxygen atoms in total. The van der Waals surface area contributed by atoms with Gasteiger partial charge in [-0.2, -0.15) is 5.26 Å². The molecule has 1 aromatic carbocycles. The Morgan fingerprint density at radius 3 is 2.89 bits per heavy atom. The van der Waals surface area contributed by atoms with E-state index >= 15 is 0 Å². The van der Waals surface area contributed by atoms with Gasteiger partial charge in [-0.15, -0.1) is 11.3 Å². The molecular weight excluding hydrogens is 310 g/mol. The summed E-state index contributed by atoms with van der Waals surface area (Å²) in [6.07, 6.45) is 1.68. The number of aromatic nitrogens is 1. The summed E-state index contributed by atoms with van der Waals surface area (Å²) in [5, 5.41) is 14.9. The molecule has 1 heterocycles. The molecule has 0 saturated carbocycles. The fraction of sp³-hybridized carbons (Fsp3) is 0.0769. The first-order valence-electron chi connectivity index (χ1n) is 5.24. The predicted octanol–water partition coefficient (Wildman–Crippen LogP) is 4.19. The van der Waals surface area contributed by atoms with Crippen LogP contribution in [0.2, 0.25) is 0 Å². The smallest absolute Gasteiger partial charge is 0.135 e. The van der Waals surface area contributed by atoms with E-state index in [1.54, 1.807) is 6.20 Å². The molecule has 5 heteroatoms. The van der Waals surface area contributed by atoms with Gasteiger partial charge in [-0.1, -0.05) is 12.1 Å². The molecule has 1 N–H and O–H groups in total. The number of aryl methyl sites for hydroxylation is 1. The van der Waals surface area contributed by atoms with Crippen LogP contribution < -0.4 is 5.32 Å². The van der Waals surface area contributed by atoms with Crippen molar-refractivity contribution in [2.24, 2.45) is 0 Å². The van der Waals surface area contributed by atoms with Gasteiger partial charge in [-0.05, 0) is 35.0 Å². The zero-order chi connectivity index (χ0) is 13.0. The van der Waals surface area contributed by atoms with E-state index in [-0.39, 0.29) is 0 Å². The number of nitriles is 1. The van der Waals surface area contributed by atoms with Gasteiger partial charge in [0.25, 0.3) is 0 Å². The molecule has 1 aromatic heterocycles. The average molecular weight is 320 g/mol. The number of anilines is 1. The maximum Gasteiger partial charge on any atom is 0.135 e. The van der Waals surface area contributed by atoms with Crippen LogP contribution in [0, 0.1) is 18.3 Å². The van der Waals surface area contributed by atoms with E-state index in [9.17, 15) is 0 Å². The molecule has 0 amide bonds. The first-order valence-corrected chi connectivity index (χ1v) is 6.92. The Labute approximate surface area is 118 Å². The van der Waals surface area contributed by atoms with E-state index in [0.29, 0.717) is 5.57 Å². The number of thiazole rings is 1. The molecule has 0 atom stereocenters. The third-order valence-electron chi connectivity index (χ3n) is 2.22. The van der Waals surface area contributed by atoms with Gasteiger partial charge in [0.05, 0.1) is 5.69 Å². The Bertz CT molecular complexity index is 625. The maximum atomic E-state index is 9.13. The first-order chi connectivity index (χ1) is 8.70. The van der Waals surface area contributed by atoms with E-state index in [2.05, 4.69) is 32.3 Å². The van der Waals surface area contributed by atoms with Crippen LogP contribution in [0.25, 0.3) is 5.57 Å². The van der Waals surface area contributed by atoms with Crippen LogP contribution in [-0.4, -0.2) is 4.98 Å². The van der Waals surface area contributed by atoms with Crippen molar-refractivity contribution in [2.75, 3.05) is 5.32 Å². The molecule has 90 valence electrons. The van der Waals surface area contributed by atoms with E-state index in [1.165, 1.54) is 11.3 Å². The lowest BCUT2D eigenvalue weighted by atomic mass is 10.3. The second-order valence-corrected chi connectivity index (χ2v) is 5.30. The summed E-state index contributed by atoms with van der Waals surface area (Å²) in [5.41, 5.74) is 2.37. The molecule has 0 aliphatic carbocycles. The van der Waals surface area contributed by atoms with Gasteiger partial charge in [0.15, 0.2) is 0 Å². The number of nitrogens with one attached hydrogen (secondary N) is 1. The molecule has 0 aliphatic rings. The van der Waals surface area contributed by atoms with Crippen LogP contribution in [0.5, 0.6) is 0 Å². The minimum absolute atomic E-state index is 0.531. The number of hydrogen-bond donors (Lipinski definition) is 1. The first kappa shape index (κ1) is 12.8. The zero-order valence-electron chi connectivity index (χ0n) is 9.64. The number of hydrogen-bond acceptors (Lipinski definition) is 4. The molecule has 0 fully saturated rings. The minimum atomic E-state index is 0.531. The molecule has 0 radical (unpaired) electrons. The Kier molecular flexibility index (Phi) is 4.13. The fourth-order valence-electron chi connectivity index (χ4n) is 1.35. The third kappa shape index (κ3) is 2.97. The van der Waals surface area contributed by atoms with Crippen molar-refractivity contribution in [3.63, 3.8) is 0 Å². The van der Waals surface area contributed by atoms with E-state index in [1.807, 2.05) is 36.6 Å². The second kappa shape index (κ2) is 5.80. The van der Waals surface area contributed by atoms with Crippen LogP contribution in [0.1, 0.15) is 10.7 Å². The Morgan fingerprint density at radius 2 is 2.28 bits per heavy atom. The summed E-state index contributed by atoms with van der Waals surface area (Å²) in [6, 6.07) is 9.90. The van der Waals surface area contributed by atoms with Crippen molar-refractivity contribution in [2.45, 2.75) is 6.92 Å². The summed E-state index contributed by atoms with van der Waals surface area (Å²) in [5.74, 6) is 0. The molecule has 0 saturated heterocycles. The quantitative estimate of drug-likeness (QED) is 0.863. The van der Waals surface area contributed by atoms with E-state index < -0.39 is 0 Å². The topological polar surface area (TPSA) is 48.7 Å². The second-order valence-electron chi connectivity index (χ2n) is 3.59. The number of nitrogens with zero attached hydrogens (tertiary/aromatic N) is 2. The SMILES string of the molecule is Cc1csc(/C(C#N)=C/Nc2ccccc2Br)n1. The number of benzene rings is 1. The van der Waals surface area contributed by atoms with Crippen LogP contribution in [-0.2, 0) is 0 Å². The highest BCUT2D eigenvalue weighted by Gasteiger charge is 2.05. The van der Waals surface area contributed by atoms with Gasteiger partial charge < -0.3 is 5.32 Å². The van der Waals surface area contributed by atoms with Gasteiger partial charge in [0.1, 0.15) is 16.6 Å². The van der Waals surface area contributed by atoms with Gasteiger partial charge in [0.2, 0.25) is 0 Å². The summed E-state index contributed by atoms with van der Waals surface area (Å²) in [4.78, 5) is 4.29. The number of rotatable bonds is 3. The lowest BCUT2D eigenvalue weighted by Gasteiger charge is -2.03. The lowest BCUT2D eigenvalue weighted by Crippen LogP contribution is -1.91. The van der Waals surface area contributed by atoms with Crippen LogP contribution in [0.4, 0.5) is 5.69 Å². The highest BCUT2D eigenvalue weighted by molar-refractivity contribution is 9.10. The van der Waals surface area contributed by atoms with E-state index in [4.69, 9.17) is 5.26 Å². The number of allylic oxidation sites excluding steroid dienone is 1. The molecule has 0 bridgehead atoms. The minimum Gasteiger partial charge on any atom is -0.359 e. The molecule has 0 unspecified atom stereocenters. The van der Waals surface area contributed by atoms with Gasteiger partial charge in [0, 0.05) is 21.7 Å². The van der Waals surface area contributed by atoms with E-state index in [0.717, 1.165) is 20.9 Å². The van der Waals surface area contributed by atoms with Crippen molar-refractivity contribution >= 4 is 38.5 Å². The Hall–Kier alpha value is -1.64. The molecule has 2 aromatic rings. The Balaban J connectivity index is 2.22. The Morgan fingerprint density at radius 1 is 1.50 bits per heavy atom. The van der Waals surface area contributed by atoms with Crippen molar-refractivity contribution in [3.8, 4) is 6.07 Å². The molecular formula is C13H10BrN3S. The summed E-state index contributed by atoms with van der Waals surface area (Å²) < 4.78 is 0.953. The normalized spacial score (nSPS) is 11.1. The predicted molar refractivity (Wildman–Crippen MR) is 78.2 cm³/mol. The van der Waals surface area contributed by atoms with Crippen LogP contribution in [0.15, 0.2) is 40.3 Å². The van der Waals surface area contributed by atoms with Crippen LogP contribution in [0.3, 0.4) is 0 Å². The van der Waals surface area contributed by atoms with Crippen LogP contribution >= 0.6 is 27.3 Å². The van der Waals surface area contributed by atoms with Crippen molar-refractivity contribution in [1.29, 1.82) is 5.26 Å². The lowest BCUT2D eigenvalue weighted by molar-refractivity contribution is 1.24. The molecule has 18 heavy (non-hydrogen) atoms. The fourth-order valence-corrected chi connectivity index (χ4v) is 2.51. The van der Waals surface area contributed by atoms with Crippen molar-refractivity contribution in [1.82, 2.24) is 4.98 Å². The molecule has 0 spiro atoms. The maximum absolute atomic E-state index is 9.13. The van der Waals surface area contributed by atoms with Gasteiger partial charge in [-0.3, -0.25) is 0 Å². The average Bonchev–Trinajstić information content (AvgIpc) is 2.79. The largest absolute Gasteiger partial charge is 0.359 e. The van der Waals surface area contributed by atoms with Crippen molar-refractivity contribution in [3.05, 3.63) is 51.0 Å². The van der Waals surface area contributed by atoms with Crippen molar-refractivity contribution < 1.29 is 0 Å². The standard InChI is InChI=1S/C13H10BrN3S/c1-9-8-18-13(17-9)10(6-15)7-16-12-5-3-2-4-11(12)14/h2-5,7-8,16H,1H3/b10-7+. The summed E-state index contributed by atoms with van der Waals surface area (Å²) >= 11 is 4.91. The number of para-hydroxylation sites is 1. The summed E-state index contributed by atoms with van der Waals surface area (Å²) in [7, 11) is 0. The highest BCUT2D eigenvalue weighted by atomic mass is 79.9. The summed E-state index contributed by atoms with van der Waals surface area (Å²) in [6.45, 7) is 1.91. The monoisotopic (exact) mass is 319 g/mol.